The van der Waals surface area contributed by atoms with Crippen LogP contribution in [0.25, 0.3) is 0 Å². The standard InChI is InChI=1S/C18H17ClFNO3/c19-15-10-12(20)7-8-16(15)21-18(22)14-5-1-2-6-17(14)24-11-13-4-3-9-23-13/h1-2,5-8,10,13H,3-4,9,11H2,(H,21,22). The monoisotopic (exact) mass is 349 g/mol. The number of ether oxygens (including phenoxy) is 2. The smallest absolute Gasteiger partial charge is 0.259 e. The lowest BCUT2D eigenvalue weighted by atomic mass is 10.1. The Morgan fingerprint density at radius 3 is 2.92 bits per heavy atom. The molecule has 1 unspecified atom stereocenters. The number of carbonyl (C=O) groups excluding carboxylic acids is 1. The number of hydrogen-bond donors (Lipinski definition) is 1. The van der Waals surface area contributed by atoms with Gasteiger partial charge in [0.1, 0.15) is 18.2 Å². The molecule has 3 rings (SSSR count). The highest BCUT2D eigenvalue weighted by atomic mass is 35.5. The van der Waals surface area contributed by atoms with Gasteiger partial charge in [0.2, 0.25) is 0 Å². The number of halogens is 2. The van der Waals surface area contributed by atoms with Gasteiger partial charge in [-0.2, -0.15) is 0 Å². The van der Waals surface area contributed by atoms with E-state index < -0.39 is 5.82 Å². The fourth-order valence-electron chi connectivity index (χ4n) is 2.52. The van der Waals surface area contributed by atoms with Crippen LogP contribution >= 0.6 is 11.6 Å². The van der Waals surface area contributed by atoms with Gasteiger partial charge in [0.05, 0.1) is 22.4 Å². The van der Waals surface area contributed by atoms with E-state index in [0.717, 1.165) is 25.5 Å². The van der Waals surface area contributed by atoms with E-state index in [1.807, 2.05) is 0 Å². The molecule has 1 atom stereocenters. The van der Waals surface area contributed by atoms with E-state index in [0.29, 0.717) is 23.6 Å². The average molecular weight is 350 g/mol. The summed E-state index contributed by atoms with van der Waals surface area (Å²) in [5, 5.41) is 2.81. The van der Waals surface area contributed by atoms with Crippen molar-refractivity contribution in [1.29, 1.82) is 0 Å². The number of amides is 1. The van der Waals surface area contributed by atoms with Crippen LogP contribution in [-0.4, -0.2) is 25.2 Å². The van der Waals surface area contributed by atoms with E-state index in [1.54, 1.807) is 24.3 Å². The van der Waals surface area contributed by atoms with Crippen molar-refractivity contribution >= 4 is 23.2 Å². The Labute approximate surface area is 144 Å². The minimum absolute atomic E-state index is 0.0626. The van der Waals surface area contributed by atoms with Gasteiger partial charge in [-0.1, -0.05) is 23.7 Å². The molecule has 1 fully saturated rings. The Morgan fingerprint density at radius 1 is 1.33 bits per heavy atom. The van der Waals surface area contributed by atoms with Gasteiger partial charge in [0.25, 0.3) is 5.91 Å². The molecule has 24 heavy (non-hydrogen) atoms. The van der Waals surface area contributed by atoms with Crippen LogP contribution in [0.5, 0.6) is 5.75 Å². The molecule has 1 amide bonds. The SMILES string of the molecule is O=C(Nc1ccc(F)cc1Cl)c1ccccc1OCC1CCCO1. The van der Waals surface area contributed by atoms with Gasteiger partial charge < -0.3 is 14.8 Å². The highest BCUT2D eigenvalue weighted by molar-refractivity contribution is 6.34. The second kappa shape index (κ2) is 7.64. The van der Waals surface area contributed by atoms with E-state index in [2.05, 4.69) is 5.32 Å². The lowest BCUT2D eigenvalue weighted by Gasteiger charge is -2.15. The molecule has 1 heterocycles. The fraction of sp³-hybridized carbons (Fsp3) is 0.278. The highest BCUT2D eigenvalue weighted by Crippen LogP contribution is 2.25. The van der Waals surface area contributed by atoms with Gasteiger partial charge in [-0.3, -0.25) is 4.79 Å². The van der Waals surface area contributed by atoms with Crippen LogP contribution in [0.4, 0.5) is 10.1 Å². The lowest BCUT2D eigenvalue weighted by molar-refractivity contribution is 0.0673. The summed E-state index contributed by atoms with van der Waals surface area (Å²) in [4.78, 5) is 12.5. The summed E-state index contributed by atoms with van der Waals surface area (Å²) in [6.45, 7) is 1.15. The van der Waals surface area contributed by atoms with Gasteiger partial charge in [0, 0.05) is 6.61 Å². The van der Waals surface area contributed by atoms with Crippen molar-refractivity contribution in [3.63, 3.8) is 0 Å². The van der Waals surface area contributed by atoms with Crippen molar-refractivity contribution in [2.45, 2.75) is 18.9 Å². The molecule has 1 saturated heterocycles. The third-order valence-electron chi connectivity index (χ3n) is 3.76. The van der Waals surface area contributed by atoms with E-state index in [4.69, 9.17) is 21.1 Å². The maximum atomic E-state index is 13.1. The summed E-state index contributed by atoms with van der Waals surface area (Å²) in [5.74, 6) is -0.353. The minimum Gasteiger partial charge on any atom is -0.490 e. The average Bonchev–Trinajstić information content (AvgIpc) is 3.09. The van der Waals surface area contributed by atoms with Crippen molar-refractivity contribution in [3.8, 4) is 5.75 Å². The number of rotatable bonds is 5. The number of para-hydroxylation sites is 1. The predicted octanol–water partition coefficient (Wildman–Crippen LogP) is 4.29. The summed E-state index contributed by atoms with van der Waals surface area (Å²) in [6.07, 6.45) is 2.05. The lowest BCUT2D eigenvalue weighted by Crippen LogP contribution is -2.19. The van der Waals surface area contributed by atoms with Crippen molar-refractivity contribution in [2.24, 2.45) is 0 Å². The molecule has 0 aromatic heterocycles. The van der Waals surface area contributed by atoms with Gasteiger partial charge in [-0.25, -0.2) is 4.39 Å². The third kappa shape index (κ3) is 4.04. The van der Waals surface area contributed by atoms with Crippen LogP contribution in [-0.2, 0) is 4.74 Å². The first-order valence-corrected chi connectivity index (χ1v) is 8.11. The Bertz CT molecular complexity index is 732. The summed E-state index contributed by atoms with van der Waals surface area (Å²) < 4.78 is 24.4. The van der Waals surface area contributed by atoms with Crippen LogP contribution in [0.3, 0.4) is 0 Å². The van der Waals surface area contributed by atoms with Gasteiger partial charge >= 0.3 is 0 Å². The van der Waals surface area contributed by atoms with Crippen LogP contribution in [0, 0.1) is 5.82 Å². The number of anilines is 1. The van der Waals surface area contributed by atoms with Crippen LogP contribution in [0.15, 0.2) is 42.5 Å². The maximum Gasteiger partial charge on any atom is 0.259 e. The number of hydrogen-bond acceptors (Lipinski definition) is 3. The van der Waals surface area contributed by atoms with Crippen molar-refractivity contribution in [3.05, 3.63) is 58.9 Å². The molecule has 1 aliphatic heterocycles. The summed E-state index contributed by atoms with van der Waals surface area (Å²) >= 11 is 5.95. The molecule has 2 aromatic rings. The van der Waals surface area contributed by atoms with E-state index >= 15 is 0 Å². The maximum absolute atomic E-state index is 13.1. The van der Waals surface area contributed by atoms with E-state index in [1.165, 1.54) is 12.1 Å². The zero-order chi connectivity index (χ0) is 16.9. The van der Waals surface area contributed by atoms with E-state index in [-0.39, 0.29) is 17.0 Å². The molecule has 6 heteroatoms. The molecule has 1 N–H and O–H groups in total. The van der Waals surface area contributed by atoms with Crippen LogP contribution in [0.2, 0.25) is 5.02 Å². The second-order valence-corrected chi connectivity index (χ2v) is 5.93. The molecule has 0 radical (unpaired) electrons. The van der Waals surface area contributed by atoms with Crippen molar-refractivity contribution in [2.75, 3.05) is 18.5 Å². The summed E-state index contributed by atoms with van der Waals surface area (Å²) in [7, 11) is 0. The Hall–Kier alpha value is -2.11. The normalized spacial score (nSPS) is 16.8. The first-order chi connectivity index (χ1) is 11.6. The molecule has 0 saturated carbocycles. The van der Waals surface area contributed by atoms with Crippen molar-refractivity contribution < 1.29 is 18.7 Å². The molecule has 4 nitrogen and oxygen atoms in total. The first-order valence-electron chi connectivity index (χ1n) is 7.73. The van der Waals surface area contributed by atoms with Crippen LogP contribution < -0.4 is 10.1 Å². The van der Waals surface area contributed by atoms with Gasteiger partial charge in [-0.15, -0.1) is 0 Å². The summed E-state index contributed by atoms with van der Waals surface area (Å²) in [5.41, 5.74) is 0.730. The molecule has 0 spiro atoms. The first kappa shape index (κ1) is 16.7. The Kier molecular flexibility index (Phi) is 5.33. The molecule has 126 valence electrons. The summed E-state index contributed by atoms with van der Waals surface area (Å²) in [6, 6.07) is 10.8. The molecule has 0 aliphatic carbocycles. The zero-order valence-electron chi connectivity index (χ0n) is 12.9. The quantitative estimate of drug-likeness (QED) is 0.876. The Morgan fingerprint density at radius 2 is 2.17 bits per heavy atom. The van der Waals surface area contributed by atoms with E-state index in [9.17, 15) is 9.18 Å². The van der Waals surface area contributed by atoms with Gasteiger partial charge in [-0.05, 0) is 43.2 Å². The third-order valence-corrected chi connectivity index (χ3v) is 4.07. The topological polar surface area (TPSA) is 47.6 Å². The van der Waals surface area contributed by atoms with Crippen LogP contribution in [0.1, 0.15) is 23.2 Å². The largest absolute Gasteiger partial charge is 0.490 e. The highest BCUT2D eigenvalue weighted by Gasteiger charge is 2.18. The Balaban J connectivity index is 1.72. The number of benzene rings is 2. The molecule has 0 bridgehead atoms. The molecular formula is C18H17ClFNO3. The molecule has 1 aliphatic rings. The van der Waals surface area contributed by atoms with Crippen molar-refractivity contribution in [1.82, 2.24) is 0 Å². The predicted molar refractivity (Wildman–Crippen MR) is 90.3 cm³/mol. The minimum atomic E-state index is -0.460. The molecular weight excluding hydrogens is 333 g/mol. The fourth-order valence-corrected chi connectivity index (χ4v) is 2.73. The number of nitrogens with one attached hydrogen (secondary N) is 1. The van der Waals surface area contributed by atoms with Gasteiger partial charge in [0.15, 0.2) is 0 Å². The number of carbonyl (C=O) groups is 1. The molecule has 2 aromatic carbocycles. The zero-order valence-corrected chi connectivity index (χ0v) is 13.7. The second-order valence-electron chi connectivity index (χ2n) is 5.52.